The van der Waals surface area contributed by atoms with Crippen LogP contribution in [-0.4, -0.2) is 18.8 Å². The number of rotatable bonds is 6. The minimum atomic E-state index is -0.349. The van der Waals surface area contributed by atoms with Crippen molar-refractivity contribution in [1.29, 1.82) is 0 Å². The first-order chi connectivity index (χ1) is 10.1. The van der Waals surface area contributed by atoms with Crippen molar-refractivity contribution in [2.75, 3.05) is 13.7 Å². The molecule has 21 heavy (non-hydrogen) atoms. The number of aromatic hydroxyl groups is 1. The molecule has 2 aromatic rings. The molecule has 2 N–H and O–H groups in total. The molecule has 0 fully saturated rings. The average molecular weight is 289 g/mol. The molecule has 1 atom stereocenters. The monoisotopic (exact) mass is 289 g/mol. The zero-order valence-electron chi connectivity index (χ0n) is 12.3. The van der Waals surface area contributed by atoms with Crippen molar-refractivity contribution in [2.45, 2.75) is 19.4 Å². The second-order valence-electron chi connectivity index (χ2n) is 4.99. The molecule has 0 aliphatic carbocycles. The van der Waals surface area contributed by atoms with Gasteiger partial charge >= 0.3 is 0 Å². The van der Waals surface area contributed by atoms with Crippen LogP contribution in [0.4, 0.5) is 4.39 Å². The van der Waals surface area contributed by atoms with E-state index in [2.05, 4.69) is 5.32 Å². The summed E-state index contributed by atoms with van der Waals surface area (Å²) in [6, 6.07) is 12.2. The molecule has 3 nitrogen and oxygen atoms in total. The van der Waals surface area contributed by atoms with Gasteiger partial charge in [-0.2, -0.15) is 0 Å². The first-order valence-electron chi connectivity index (χ1n) is 6.95. The molecule has 0 amide bonds. The molecule has 0 bridgehead atoms. The summed E-state index contributed by atoms with van der Waals surface area (Å²) in [6.07, 6.45) is 0.864. The minimum absolute atomic E-state index is 0.108. The maximum Gasteiger partial charge on any atom is 0.165 e. The fraction of sp³-hybridized carbons (Fsp3) is 0.294. The number of benzene rings is 2. The first kappa shape index (κ1) is 15.3. The van der Waals surface area contributed by atoms with Gasteiger partial charge in [-0.25, -0.2) is 4.39 Å². The molecule has 4 heteroatoms. The van der Waals surface area contributed by atoms with E-state index >= 15 is 0 Å². The van der Waals surface area contributed by atoms with E-state index < -0.39 is 0 Å². The van der Waals surface area contributed by atoms with Crippen LogP contribution in [0.25, 0.3) is 0 Å². The van der Waals surface area contributed by atoms with E-state index in [9.17, 15) is 9.50 Å². The van der Waals surface area contributed by atoms with Gasteiger partial charge in [0.2, 0.25) is 0 Å². The lowest BCUT2D eigenvalue weighted by Crippen LogP contribution is -2.21. The predicted octanol–water partition coefficient (Wildman–Crippen LogP) is 3.43. The number of methoxy groups -OCH3 is 1. The fourth-order valence-corrected chi connectivity index (χ4v) is 2.16. The Morgan fingerprint density at radius 1 is 1.19 bits per heavy atom. The van der Waals surface area contributed by atoms with E-state index in [4.69, 9.17) is 4.74 Å². The lowest BCUT2D eigenvalue weighted by Gasteiger charge is -2.15. The maximum atomic E-state index is 13.4. The van der Waals surface area contributed by atoms with Gasteiger partial charge in [0, 0.05) is 6.04 Å². The van der Waals surface area contributed by atoms with Gasteiger partial charge in [0.05, 0.1) is 7.11 Å². The molecule has 2 aromatic carbocycles. The van der Waals surface area contributed by atoms with E-state index in [-0.39, 0.29) is 23.4 Å². The molecule has 0 aromatic heterocycles. The molecule has 112 valence electrons. The average Bonchev–Trinajstić information content (AvgIpc) is 2.49. The van der Waals surface area contributed by atoms with Gasteiger partial charge in [-0.3, -0.25) is 0 Å². The molecule has 0 radical (unpaired) electrons. The highest BCUT2D eigenvalue weighted by atomic mass is 19.1. The van der Waals surface area contributed by atoms with Gasteiger partial charge < -0.3 is 15.2 Å². The molecule has 0 spiro atoms. The normalized spacial score (nSPS) is 12.1. The van der Waals surface area contributed by atoms with Crippen LogP contribution in [0.15, 0.2) is 42.5 Å². The Balaban J connectivity index is 1.89. The Kier molecular flexibility index (Phi) is 5.17. The molecular formula is C17H20FNO2. The van der Waals surface area contributed by atoms with Gasteiger partial charge in [-0.1, -0.05) is 18.2 Å². The molecule has 0 saturated carbocycles. The van der Waals surface area contributed by atoms with E-state index in [1.165, 1.54) is 13.2 Å². The van der Waals surface area contributed by atoms with E-state index in [0.29, 0.717) is 0 Å². The number of hydrogen-bond donors (Lipinski definition) is 2. The molecule has 0 aliphatic rings. The summed E-state index contributed by atoms with van der Waals surface area (Å²) < 4.78 is 18.4. The highest BCUT2D eigenvalue weighted by Crippen LogP contribution is 2.22. The Labute approximate surface area is 124 Å². The summed E-state index contributed by atoms with van der Waals surface area (Å²) in [6.45, 7) is 2.83. The molecule has 0 heterocycles. The Morgan fingerprint density at radius 2 is 1.90 bits per heavy atom. The van der Waals surface area contributed by atoms with Crippen LogP contribution < -0.4 is 10.1 Å². The van der Waals surface area contributed by atoms with E-state index in [1.54, 1.807) is 24.3 Å². The summed E-state index contributed by atoms with van der Waals surface area (Å²) in [5, 5.41) is 12.6. The lowest BCUT2D eigenvalue weighted by atomic mass is 10.1. The molecular weight excluding hydrogens is 269 g/mol. The van der Waals surface area contributed by atoms with Crippen molar-refractivity contribution in [1.82, 2.24) is 5.32 Å². The van der Waals surface area contributed by atoms with Gasteiger partial charge in [0.25, 0.3) is 0 Å². The zero-order chi connectivity index (χ0) is 15.2. The summed E-state index contributed by atoms with van der Waals surface area (Å²) in [4.78, 5) is 0. The third-order valence-electron chi connectivity index (χ3n) is 3.48. The second-order valence-corrected chi connectivity index (χ2v) is 4.99. The van der Waals surface area contributed by atoms with Gasteiger partial charge in [-0.05, 0) is 55.3 Å². The number of halogens is 1. The predicted molar refractivity (Wildman–Crippen MR) is 81.2 cm³/mol. The first-order valence-corrected chi connectivity index (χ1v) is 6.95. The SMILES string of the molecule is COc1cc(C(C)NCCc2ccc(O)cc2)ccc1F. The largest absolute Gasteiger partial charge is 0.508 e. The van der Waals surface area contributed by atoms with Crippen molar-refractivity contribution in [3.8, 4) is 11.5 Å². The Morgan fingerprint density at radius 3 is 2.57 bits per heavy atom. The van der Waals surface area contributed by atoms with E-state index in [0.717, 1.165) is 24.1 Å². The summed E-state index contributed by atoms with van der Waals surface area (Å²) in [5.74, 6) is 0.190. The number of phenols is 1. The molecule has 2 rings (SSSR count). The number of phenolic OH excluding ortho intramolecular Hbond substituents is 1. The van der Waals surface area contributed by atoms with Crippen molar-refractivity contribution >= 4 is 0 Å². The quantitative estimate of drug-likeness (QED) is 0.856. The van der Waals surface area contributed by atoms with Gasteiger partial charge in [0.1, 0.15) is 5.75 Å². The molecule has 0 aliphatic heterocycles. The van der Waals surface area contributed by atoms with Crippen LogP contribution in [-0.2, 0) is 6.42 Å². The maximum absolute atomic E-state index is 13.4. The summed E-state index contributed by atoms with van der Waals surface area (Å²) in [7, 11) is 1.46. The zero-order valence-corrected chi connectivity index (χ0v) is 12.3. The van der Waals surface area contributed by atoms with Crippen molar-refractivity contribution in [3.63, 3.8) is 0 Å². The van der Waals surface area contributed by atoms with Crippen molar-refractivity contribution in [3.05, 3.63) is 59.4 Å². The standard InChI is InChI=1S/C17H20FNO2/c1-12(14-5-8-16(18)17(11-14)21-2)19-10-9-13-3-6-15(20)7-4-13/h3-8,11-12,19-20H,9-10H2,1-2H3. The van der Waals surface area contributed by atoms with Crippen LogP contribution >= 0.6 is 0 Å². The Hall–Kier alpha value is -2.07. The number of hydrogen-bond acceptors (Lipinski definition) is 3. The highest BCUT2D eigenvalue weighted by molar-refractivity contribution is 5.32. The van der Waals surface area contributed by atoms with Crippen LogP contribution in [0.3, 0.4) is 0 Å². The smallest absolute Gasteiger partial charge is 0.165 e. The van der Waals surface area contributed by atoms with E-state index in [1.807, 2.05) is 19.1 Å². The van der Waals surface area contributed by atoms with Crippen LogP contribution in [0.2, 0.25) is 0 Å². The van der Waals surface area contributed by atoms with Crippen molar-refractivity contribution < 1.29 is 14.2 Å². The summed E-state index contributed by atoms with van der Waals surface area (Å²) in [5.41, 5.74) is 2.14. The lowest BCUT2D eigenvalue weighted by molar-refractivity contribution is 0.385. The number of ether oxygens (including phenoxy) is 1. The van der Waals surface area contributed by atoms with Crippen LogP contribution in [0.1, 0.15) is 24.1 Å². The third kappa shape index (κ3) is 4.20. The number of nitrogens with one attached hydrogen (secondary N) is 1. The van der Waals surface area contributed by atoms with Crippen LogP contribution in [0, 0.1) is 5.82 Å². The molecule has 1 unspecified atom stereocenters. The summed E-state index contributed by atoms with van der Waals surface area (Å²) >= 11 is 0. The van der Waals surface area contributed by atoms with Gasteiger partial charge in [-0.15, -0.1) is 0 Å². The third-order valence-corrected chi connectivity index (χ3v) is 3.48. The van der Waals surface area contributed by atoms with Gasteiger partial charge in [0.15, 0.2) is 11.6 Å². The fourth-order valence-electron chi connectivity index (χ4n) is 2.16. The minimum Gasteiger partial charge on any atom is -0.508 e. The topological polar surface area (TPSA) is 41.5 Å². The van der Waals surface area contributed by atoms with Crippen molar-refractivity contribution in [2.24, 2.45) is 0 Å². The second kappa shape index (κ2) is 7.09. The van der Waals surface area contributed by atoms with Crippen LogP contribution in [0.5, 0.6) is 11.5 Å². The molecule has 0 saturated heterocycles. The Bertz CT molecular complexity index is 584. The highest BCUT2D eigenvalue weighted by Gasteiger charge is 2.09.